The second-order valence-electron chi connectivity index (χ2n) is 5.24. The molecule has 0 aromatic carbocycles. The number of nitrogens with two attached hydrogens (primary N) is 1. The van der Waals surface area contributed by atoms with Gasteiger partial charge in [-0.3, -0.25) is 0 Å². The summed E-state index contributed by atoms with van der Waals surface area (Å²) < 4.78 is 5.09. The monoisotopic (exact) mass is 267 g/mol. The normalized spacial score (nSPS) is 11.2. The van der Waals surface area contributed by atoms with Crippen molar-refractivity contribution in [3.8, 4) is 0 Å². The van der Waals surface area contributed by atoms with E-state index in [0.29, 0.717) is 30.2 Å². The van der Waals surface area contributed by atoms with Crippen LogP contribution in [0.5, 0.6) is 0 Å². The van der Waals surface area contributed by atoms with Crippen molar-refractivity contribution in [2.24, 2.45) is 11.8 Å². The van der Waals surface area contributed by atoms with Crippen molar-refractivity contribution in [1.29, 1.82) is 0 Å². The third-order valence-electron chi connectivity index (χ3n) is 2.66. The van der Waals surface area contributed by atoms with Crippen molar-refractivity contribution < 1.29 is 4.74 Å². The Morgan fingerprint density at radius 3 is 2.47 bits per heavy atom. The van der Waals surface area contributed by atoms with Gasteiger partial charge in [-0.1, -0.05) is 13.8 Å². The van der Waals surface area contributed by atoms with Gasteiger partial charge in [-0.25, -0.2) is 15.8 Å². The summed E-state index contributed by atoms with van der Waals surface area (Å²) in [4.78, 5) is 11.0. The summed E-state index contributed by atoms with van der Waals surface area (Å²) in [5.74, 6) is 8.12. The Labute approximate surface area is 115 Å². The number of aromatic nitrogens is 2. The fourth-order valence-electron chi connectivity index (χ4n) is 1.86. The molecule has 6 nitrogen and oxygen atoms in total. The smallest absolute Gasteiger partial charge is 0.158 e. The van der Waals surface area contributed by atoms with Gasteiger partial charge >= 0.3 is 0 Å². The van der Waals surface area contributed by atoms with E-state index in [1.54, 1.807) is 7.11 Å². The first-order valence-corrected chi connectivity index (χ1v) is 6.58. The van der Waals surface area contributed by atoms with E-state index >= 15 is 0 Å². The third-order valence-corrected chi connectivity index (χ3v) is 2.66. The molecule has 1 aromatic rings. The van der Waals surface area contributed by atoms with Crippen LogP contribution in [0, 0.1) is 5.92 Å². The number of nitrogens with one attached hydrogen (secondary N) is 1. The van der Waals surface area contributed by atoms with E-state index in [-0.39, 0.29) is 0 Å². The highest BCUT2D eigenvalue weighted by molar-refractivity contribution is 5.49. The summed E-state index contributed by atoms with van der Waals surface area (Å²) in [6, 6.07) is 2.22. The molecule has 0 aliphatic carbocycles. The van der Waals surface area contributed by atoms with E-state index in [4.69, 9.17) is 10.6 Å². The molecule has 0 unspecified atom stereocenters. The largest absolute Gasteiger partial charge is 0.377 e. The van der Waals surface area contributed by atoms with Crippen LogP contribution >= 0.6 is 0 Å². The maximum absolute atomic E-state index is 5.46. The van der Waals surface area contributed by atoms with Crippen LogP contribution in [0.2, 0.25) is 0 Å². The molecule has 0 amide bonds. The molecule has 19 heavy (non-hydrogen) atoms. The van der Waals surface area contributed by atoms with Crippen molar-refractivity contribution in [2.45, 2.75) is 40.3 Å². The van der Waals surface area contributed by atoms with Crippen LogP contribution < -0.4 is 16.2 Å². The SMILES string of the molecule is COCc1nc(NN)cc(N(CC(C)C)C(C)C)n1. The number of hydrazine groups is 1. The lowest BCUT2D eigenvalue weighted by Crippen LogP contribution is -2.35. The minimum Gasteiger partial charge on any atom is -0.377 e. The van der Waals surface area contributed by atoms with E-state index in [9.17, 15) is 0 Å². The number of nitrogens with zero attached hydrogens (tertiary/aromatic N) is 3. The summed E-state index contributed by atoms with van der Waals surface area (Å²) in [5, 5.41) is 0. The number of hydrogen-bond donors (Lipinski definition) is 2. The number of ether oxygens (including phenoxy) is 1. The maximum atomic E-state index is 5.46. The van der Waals surface area contributed by atoms with Crippen molar-refractivity contribution in [1.82, 2.24) is 9.97 Å². The van der Waals surface area contributed by atoms with Gasteiger partial charge in [0.1, 0.15) is 18.2 Å². The van der Waals surface area contributed by atoms with Crippen LogP contribution in [0.4, 0.5) is 11.6 Å². The Bertz CT molecular complexity index is 395. The first-order valence-electron chi connectivity index (χ1n) is 6.58. The average Bonchev–Trinajstić information content (AvgIpc) is 2.35. The molecule has 1 rings (SSSR count). The van der Waals surface area contributed by atoms with Gasteiger partial charge < -0.3 is 15.1 Å². The summed E-state index contributed by atoms with van der Waals surface area (Å²) >= 11 is 0. The molecule has 6 heteroatoms. The van der Waals surface area contributed by atoms with Crippen LogP contribution in [0.1, 0.15) is 33.5 Å². The molecular formula is C13H25N5O. The number of nitrogen functional groups attached to an aromatic ring is 1. The average molecular weight is 267 g/mol. The topological polar surface area (TPSA) is 76.3 Å². The zero-order valence-electron chi connectivity index (χ0n) is 12.5. The van der Waals surface area contributed by atoms with Gasteiger partial charge in [0.05, 0.1) is 0 Å². The maximum Gasteiger partial charge on any atom is 0.158 e. The Balaban J connectivity index is 3.09. The van der Waals surface area contributed by atoms with Crippen molar-refractivity contribution >= 4 is 11.6 Å². The predicted molar refractivity (Wildman–Crippen MR) is 77.9 cm³/mol. The van der Waals surface area contributed by atoms with E-state index in [0.717, 1.165) is 12.4 Å². The molecular weight excluding hydrogens is 242 g/mol. The molecule has 0 aliphatic rings. The van der Waals surface area contributed by atoms with Gasteiger partial charge in [0.25, 0.3) is 0 Å². The highest BCUT2D eigenvalue weighted by Gasteiger charge is 2.15. The summed E-state index contributed by atoms with van der Waals surface area (Å²) in [7, 11) is 1.62. The molecule has 1 aromatic heterocycles. The number of anilines is 2. The molecule has 1 heterocycles. The van der Waals surface area contributed by atoms with E-state index < -0.39 is 0 Å². The third kappa shape index (κ3) is 4.65. The number of methoxy groups -OCH3 is 1. The predicted octanol–water partition coefficient (Wildman–Crippen LogP) is 1.78. The first kappa shape index (κ1) is 15.7. The van der Waals surface area contributed by atoms with Gasteiger partial charge in [-0.05, 0) is 19.8 Å². The molecule has 0 spiro atoms. The highest BCUT2D eigenvalue weighted by atomic mass is 16.5. The Hall–Kier alpha value is -1.40. The molecule has 0 fully saturated rings. The van der Waals surface area contributed by atoms with Gasteiger partial charge in [0.15, 0.2) is 5.82 Å². The van der Waals surface area contributed by atoms with Crippen LogP contribution in [0.15, 0.2) is 6.07 Å². The summed E-state index contributed by atoms with van der Waals surface area (Å²) in [5.41, 5.74) is 2.58. The quantitative estimate of drug-likeness (QED) is 0.579. The minimum atomic E-state index is 0.360. The van der Waals surface area contributed by atoms with Crippen molar-refractivity contribution in [3.63, 3.8) is 0 Å². The molecule has 0 saturated heterocycles. The van der Waals surface area contributed by atoms with E-state index in [2.05, 4.69) is 48.0 Å². The zero-order valence-corrected chi connectivity index (χ0v) is 12.5. The summed E-state index contributed by atoms with van der Waals surface area (Å²) in [6.07, 6.45) is 0. The Kier molecular flexibility index (Phi) is 5.98. The fourth-order valence-corrected chi connectivity index (χ4v) is 1.86. The Morgan fingerprint density at radius 1 is 1.32 bits per heavy atom. The number of rotatable bonds is 7. The first-order chi connectivity index (χ1) is 8.97. The fraction of sp³-hybridized carbons (Fsp3) is 0.692. The van der Waals surface area contributed by atoms with E-state index in [1.165, 1.54) is 0 Å². The van der Waals surface area contributed by atoms with E-state index in [1.807, 2.05) is 6.07 Å². The van der Waals surface area contributed by atoms with Crippen LogP contribution in [0.3, 0.4) is 0 Å². The standard InChI is InChI=1S/C13H25N5O/c1-9(2)7-18(10(3)4)13-6-11(17-14)15-12(16-13)8-19-5/h6,9-10H,7-8,14H2,1-5H3,(H,15,16,17). The highest BCUT2D eigenvalue weighted by Crippen LogP contribution is 2.19. The van der Waals surface area contributed by atoms with Crippen LogP contribution in [-0.4, -0.2) is 29.7 Å². The van der Waals surface area contributed by atoms with Gasteiger partial charge in [0.2, 0.25) is 0 Å². The molecule has 0 radical (unpaired) electrons. The lowest BCUT2D eigenvalue weighted by Gasteiger charge is -2.30. The summed E-state index contributed by atoms with van der Waals surface area (Å²) in [6.45, 7) is 9.98. The molecule has 0 aliphatic heterocycles. The minimum absolute atomic E-state index is 0.360. The van der Waals surface area contributed by atoms with Crippen molar-refractivity contribution in [3.05, 3.63) is 11.9 Å². The number of hydrogen-bond acceptors (Lipinski definition) is 6. The van der Waals surface area contributed by atoms with Crippen LogP contribution in [0.25, 0.3) is 0 Å². The molecule has 0 atom stereocenters. The molecule has 108 valence electrons. The Morgan fingerprint density at radius 2 is 2.00 bits per heavy atom. The second-order valence-corrected chi connectivity index (χ2v) is 5.24. The lowest BCUT2D eigenvalue weighted by molar-refractivity contribution is 0.178. The van der Waals surface area contributed by atoms with Gasteiger partial charge in [0, 0.05) is 25.8 Å². The molecule has 3 N–H and O–H groups in total. The van der Waals surface area contributed by atoms with Crippen LogP contribution in [-0.2, 0) is 11.3 Å². The van der Waals surface area contributed by atoms with Crippen molar-refractivity contribution in [2.75, 3.05) is 24.0 Å². The zero-order chi connectivity index (χ0) is 14.4. The second kappa shape index (κ2) is 7.25. The van der Waals surface area contributed by atoms with Gasteiger partial charge in [-0.15, -0.1) is 0 Å². The van der Waals surface area contributed by atoms with Gasteiger partial charge in [-0.2, -0.15) is 0 Å². The lowest BCUT2D eigenvalue weighted by atomic mass is 10.2. The molecule has 0 bridgehead atoms. The molecule has 0 saturated carbocycles.